The maximum absolute atomic E-state index is 14.1. The molecular formula is C19H16FN2O4S-. The second-order valence-electron chi connectivity index (χ2n) is 6.61. The fraction of sp³-hybridized carbons (Fsp3) is 0.316. The number of aromatic nitrogens is 2. The first-order valence-corrected chi connectivity index (χ1v) is 9.50. The molecule has 27 heavy (non-hydrogen) atoms. The largest absolute Gasteiger partial charge is 0.548 e. The molecule has 0 amide bonds. The highest BCUT2D eigenvalue weighted by Crippen LogP contribution is 2.34. The van der Waals surface area contributed by atoms with Gasteiger partial charge in [0.05, 0.1) is 24.4 Å². The van der Waals surface area contributed by atoms with Crippen molar-refractivity contribution < 1.29 is 14.3 Å². The fourth-order valence-corrected chi connectivity index (χ4v) is 4.99. The Morgan fingerprint density at radius 3 is 2.63 bits per heavy atom. The maximum Gasteiger partial charge on any atom is 0.332 e. The maximum atomic E-state index is 14.1. The van der Waals surface area contributed by atoms with Crippen LogP contribution in [0.2, 0.25) is 0 Å². The highest BCUT2D eigenvalue weighted by molar-refractivity contribution is 7.18. The SMILES string of the molecule is O=C([O-])Cn1c(=O)c2c3c(sc2n(Cc2ccccc2F)c1=O)CCCC3. The molecule has 2 aromatic heterocycles. The van der Waals surface area contributed by atoms with Crippen molar-refractivity contribution in [1.29, 1.82) is 0 Å². The van der Waals surface area contributed by atoms with E-state index in [1.165, 1.54) is 22.0 Å². The van der Waals surface area contributed by atoms with E-state index in [1.54, 1.807) is 18.2 Å². The number of benzene rings is 1. The first kappa shape index (κ1) is 17.7. The van der Waals surface area contributed by atoms with Gasteiger partial charge in [-0.25, -0.2) is 9.18 Å². The molecule has 8 heteroatoms. The van der Waals surface area contributed by atoms with Gasteiger partial charge in [-0.2, -0.15) is 0 Å². The minimum absolute atomic E-state index is 0.0747. The first-order chi connectivity index (χ1) is 13.0. The van der Waals surface area contributed by atoms with Crippen molar-refractivity contribution in [3.63, 3.8) is 0 Å². The Morgan fingerprint density at radius 1 is 1.15 bits per heavy atom. The molecule has 0 radical (unpaired) electrons. The molecule has 0 aliphatic heterocycles. The number of carboxylic acids is 1. The van der Waals surface area contributed by atoms with Crippen molar-refractivity contribution in [1.82, 2.24) is 9.13 Å². The summed E-state index contributed by atoms with van der Waals surface area (Å²) in [5, 5.41) is 11.5. The van der Waals surface area contributed by atoms with Gasteiger partial charge < -0.3 is 9.90 Å². The quantitative estimate of drug-likeness (QED) is 0.670. The van der Waals surface area contributed by atoms with Crippen molar-refractivity contribution in [2.75, 3.05) is 0 Å². The lowest BCUT2D eigenvalue weighted by atomic mass is 9.97. The van der Waals surface area contributed by atoms with E-state index in [4.69, 9.17) is 0 Å². The summed E-state index contributed by atoms with van der Waals surface area (Å²) in [4.78, 5) is 38.4. The number of halogens is 1. The molecule has 1 aromatic carbocycles. The Hall–Kier alpha value is -2.74. The van der Waals surface area contributed by atoms with Crippen LogP contribution in [0.4, 0.5) is 4.39 Å². The summed E-state index contributed by atoms with van der Waals surface area (Å²) in [5.41, 5.74) is -0.187. The molecule has 0 fully saturated rings. The van der Waals surface area contributed by atoms with E-state index in [1.807, 2.05) is 0 Å². The number of hydrogen-bond acceptors (Lipinski definition) is 5. The standard InChI is InChI=1S/C19H17FN2O4S/c20-13-7-3-1-5-11(13)9-22-18-16(12-6-2-4-8-14(12)27-18)17(25)21(19(22)26)10-15(23)24/h1,3,5,7H,2,4,6,8-10H2,(H,23,24)/p-1. The van der Waals surface area contributed by atoms with Crippen molar-refractivity contribution in [2.24, 2.45) is 0 Å². The molecule has 4 rings (SSSR count). The molecule has 0 unspecified atom stereocenters. The van der Waals surface area contributed by atoms with Gasteiger partial charge >= 0.3 is 5.69 Å². The fourth-order valence-electron chi connectivity index (χ4n) is 3.62. The van der Waals surface area contributed by atoms with Gasteiger partial charge in [0.1, 0.15) is 10.6 Å². The van der Waals surface area contributed by atoms with Crippen LogP contribution in [0.5, 0.6) is 0 Å². The Morgan fingerprint density at radius 2 is 1.89 bits per heavy atom. The molecule has 0 N–H and O–H groups in total. The van der Waals surface area contributed by atoms with E-state index < -0.39 is 29.6 Å². The summed E-state index contributed by atoms with van der Waals surface area (Å²) >= 11 is 1.37. The average molecular weight is 387 g/mol. The molecule has 140 valence electrons. The summed E-state index contributed by atoms with van der Waals surface area (Å²) in [6.45, 7) is -0.899. The van der Waals surface area contributed by atoms with E-state index in [0.717, 1.165) is 29.7 Å². The summed E-state index contributed by atoms with van der Waals surface area (Å²) in [7, 11) is 0. The number of fused-ring (bicyclic) bond motifs is 3. The Labute approximate surface area is 157 Å². The van der Waals surface area contributed by atoms with E-state index in [-0.39, 0.29) is 6.54 Å². The summed E-state index contributed by atoms with van der Waals surface area (Å²) in [6, 6.07) is 6.08. The Kier molecular flexibility index (Phi) is 4.43. The highest BCUT2D eigenvalue weighted by Gasteiger charge is 2.24. The van der Waals surface area contributed by atoms with Crippen LogP contribution >= 0.6 is 11.3 Å². The molecular weight excluding hydrogens is 371 g/mol. The van der Waals surface area contributed by atoms with Gasteiger partial charge in [-0.3, -0.25) is 13.9 Å². The molecule has 1 aliphatic carbocycles. The number of thiophene rings is 1. The molecule has 3 aromatic rings. The van der Waals surface area contributed by atoms with Crippen LogP contribution in [-0.4, -0.2) is 15.1 Å². The van der Waals surface area contributed by atoms with Crippen molar-refractivity contribution in [2.45, 2.75) is 38.8 Å². The zero-order valence-electron chi connectivity index (χ0n) is 14.4. The van der Waals surface area contributed by atoms with Crippen molar-refractivity contribution in [3.05, 3.63) is 66.9 Å². The number of hydrogen-bond donors (Lipinski definition) is 0. The highest BCUT2D eigenvalue weighted by atomic mass is 32.1. The van der Waals surface area contributed by atoms with Crippen LogP contribution in [0.25, 0.3) is 10.2 Å². The smallest absolute Gasteiger partial charge is 0.332 e. The van der Waals surface area contributed by atoms with Crippen LogP contribution in [0.3, 0.4) is 0 Å². The van der Waals surface area contributed by atoms with Gasteiger partial charge in [-0.15, -0.1) is 11.3 Å². The van der Waals surface area contributed by atoms with Crippen molar-refractivity contribution in [3.8, 4) is 0 Å². The van der Waals surface area contributed by atoms with E-state index in [2.05, 4.69) is 0 Å². The second-order valence-corrected chi connectivity index (χ2v) is 7.70. The lowest BCUT2D eigenvalue weighted by Crippen LogP contribution is -2.44. The zero-order chi connectivity index (χ0) is 19.1. The molecule has 0 atom stereocenters. The predicted octanol–water partition coefficient (Wildman–Crippen LogP) is 1.04. The lowest BCUT2D eigenvalue weighted by molar-refractivity contribution is -0.306. The Bertz CT molecular complexity index is 1170. The molecule has 0 saturated carbocycles. The number of rotatable bonds is 4. The van der Waals surface area contributed by atoms with Crippen LogP contribution in [0, 0.1) is 5.82 Å². The number of aryl methyl sites for hydroxylation is 2. The average Bonchev–Trinajstić information content (AvgIpc) is 3.03. The van der Waals surface area contributed by atoms with Crippen LogP contribution < -0.4 is 16.4 Å². The van der Waals surface area contributed by atoms with Gasteiger partial charge in [-0.05, 0) is 37.3 Å². The number of aliphatic carboxylic acids is 1. The van der Waals surface area contributed by atoms with Gasteiger partial charge in [0.15, 0.2) is 0 Å². The normalized spacial score (nSPS) is 13.7. The molecule has 0 spiro atoms. The third-order valence-corrected chi connectivity index (χ3v) is 6.21. The minimum Gasteiger partial charge on any atom is -0.548 e. The van der Waals surface area contributed by atoms with Crippen LogP contribution in [0.1, 0.15) is 28.8 Å². The summed E-state index contributed by atoms with van der Waals surface area (Å²) in [5.74, 6) is -1.98. The molecule has 0 saturated heterocycles. The van der Waals surface area contributed by atoms with Gasteiger partial charge in [0, 0.05) is 10.4 Å². The number of nitrogens with zero attached hydrogens (tertiary/aromatic N) is 2. The topological polar surface area (TPSA) is 84.1 Å². The van der Waals surface area contributed by atoms with Crippen molar-refractivity contribution >= 4 is 27.5 Å². The molecule has 0 bridgehead atoms. The first-order valence-electron chi connectivity index (χ1n) is 8.68. The second kappa shape index (κ2) is 6.77. The van der Waals surface area contributed by atoms with Gasteiger partial charge in [0.25, 0.3) is 5.56 Å². The number of carbonyl (C=O) groups is 1. The van der Waals surface area contributed by atoms with Crippen LogP contribution in [0.15, 0.2) is 33.9 Å². The number of carbonyl (C=O) groups excluding carboxylic acids is 1. The minimum atomic E-state index is -1.52. The number of carboxylic acid groups (broad SMARTS) is 1. The summed E-state index contributed by atoms with van der Waals surface area (Å²) < 4.78 is 16.1. The Balaban J connectivity index is 2.03. The van der Waals surface area contributed by atoms with E-state index in [9.17, 15) is 23.9 Å². The molecule has 1 aliphatic rings. The molecule has 2 heterocycles. The third kappa shape index (κ3) is 2.99. The third-order valence-electron chi connectivity index (χ3n) is 4.89. The molecule has 6 nitrogen and oxygen atoms in total. The van der Waals surface area contributed by atoms with Crippen LogP contribution in [-0.2, 0) is 30.7 Å². The predicted molar refractivity (Wildman–Crippen MR) is 97.5 cm³/mol. The summed E-state index contributed by atoms with van der Waals surface area (Å²) in [6.07, 6.45) is 3.48. The lowest BCUT2D eigenvalue weighted by Gasteiger charge is -2.14. The van der Waals surface area contributed by atoms with E-state index in [0.29, 0.717) is 26.8 Å². The van der Waals surface area contributed by atoms with Gasteiger partial charge in [0.2, 0.25) is 0 Å². The van der Waals surface area contributed by atoms with Gasteiger partial charge in [-0.1, -0.05) is 18.2 Å². The zero-order valence-corrected chi connectivity index (χ0v) is 15.2. The monoisotopic (exact) mass is 387 g/mol. The van der Waals surface area contributed by atoms with E-state index >= 15 is 0 Å².